The third kappa shape index (κ3) is 4.04. The molecule has 3 rings (SSSR count). The van der Waals surface area contributed by atoms with E-state index in [1.165, 1.54) is 6.07 Å². The Bertz CT molecular complexity index is 766. The average Bonchev–Trinajstić information content (AvgIpc) is 2.90. The Kier molecular flexibility index (Phi) is 5.13. The first-order valence-corrected chi connectivity index (χ1v) is 8.42. The lowest BCUT2D eigenvalue weighted by atomic mass is 10.1. The number of hydrogen-bond acceptors (Lipinski definition) is 3. The maximum Gasteiger partial charge on any atom is 0.256 e. The number of rotatable bonds is 4. The van der Waals surface area contributed by atoms with Crippen LogP contribution in [0.2, 0.25) is 0 Å². The first kappa shape index (κ1) is 17.5. The van der Waals surface area contributed by atoms with Gasteiger partial charge in [-0.25, -0.2) is 8.78 Å². The molecule has 1 aliphatic heterocycles. The van der Waals surface area contributed by atoms with E-state index in [4.69, 9.17) is 0 Å². The molecule has 0 bridgehead atoms. The summed E-state index contributed by atoms with van der Waals surface area (Å²) in [4.78, 5) is 16.3. The van der Waals surface area contributed by atoms with Crippen molar-refractivity contribution >= 4 is 5.91 Å². The number of halogens is 2. The summed E-state index contributed by atoms with van der Waals surface area (Å²) in [5, 5.41) is 4.45. The summed E-state index contributed by atoms with van der Waals surface area (Å²) in [6.07, 6.45) is 0. The van der Waals surface area contributed by atoms with Gasteiger partial charge in [-0.15, -0.1) is 0 Å². The highest BCUT2D eigenvalue weighted by molar-refractivity contribution is 5.94. The molecule has 25 heavy (non-hydrogen) atoms. The highest BCUT2D eigenvalue weighted by atomic mass is 19.1. The molecule has 0 aliphatic carbocycles. The van der Waals surface area contributed by atoms with Crippen molar-refractivity contribution in [1.82, 2.24) is 19.6 Å². The monoisotopic (exact) mass is 348 g/mol. The molecule has 2 aromatic rings. The van der Waals surface area contributed by atoms with Gasteiger partial charge >= 0.3 is 0 Å². The van der Waals surface area contributed by atoms with Gasteiger partial charge in [-0.3, -0.25) is 14.4 Å². The first-order chi connectivity index (χ1) is 11.9. The molecule has 0 saturated carbocycles. The second kappa shape index (κ2) is 7.31. The molecular weight excluding hydrogens is 326 g/mol. The molecular formula is C18H22F2N4O. The molecule has 1 aliphatic rings. The highest BCUT2D eigenvalue weighted by Crippen LogP contribution is 2.14. The molecule has 7 heteroatoms. The van der Waals surface area contributed by atoms with E-state index in [9.17, 15) is 13.6 Å². The van der Waals surface area contributed by atoms with Crippen LogP contribution in [-0.4, -0.2) is 58.2 Å². The second-order valence-corrected chi connectivity index (χ2v) is 6.41. The van der Waals surface area contributed by atoms with E-state index in [0.717, 1.165) is 49.7 Å². The fourth-order valence-corrected chi connectivity index (χ4v) is 3.15. The lowest BCUT2D eigenvalue weighted by Gasteiger charge is -2.34. The van der Waals surface area contributed by atoms with Crippen LogP contribution < -0.4 is 0 Å². The summed E-state index contributed by atoms with van der Waals surface area (Å²) in [5.74, 6) is -1.87. The van der Waals surface area contributed by atoms with Gasteiger partial charge in [0.2, 0.25) is 0 Å². The Morgan fingerprint density at radius 1 is 1.08 bits per heavy atom. The van der Waals surface area contributed by atoms with Crippen LogP contribution in [0.5, 0.6) is 0 Å². The molecule has 0 radical (unpaired) electrons. The fourth-order valence-electron chi connectivity index (χ4n) is 3.15. The van der Waals surface area contributed by atoms with E-state index in [2.05, 4.69) is 10.00 Å². The lowest BCUT2D eigenvalue weighted by Crippen LogP contribution is -2.49. The van der Waals surface area contributed by atoms with Crippen LogP contribution >= 0.6 is 0 Å². The Hall–Kier alpha value is -2.28. The molecule has 134 valence electrons. The molecule has 1 amide bonds. The van der Waals surface area contributed by atoms with Crippen molar-refractivity contribution in [3.63, 3.8) is 0 Å². The number of hydrogen-bond donors (Lipinski definition) is 0. The Morgan fingerprint density at radius 3 is 2.40 bits per heavy atom. The van der Waals surface area contributed by atoms with Gasteiger partial charge in [-0.05, 0) is 32.0 Å². The van der Waals surface area contributed by atoms with Crippen LogP contribution in [-0.2, 0) is 6.54 Å². The lowest BCUT2D eigenvalue weighted by molar-refractivity contribution is 0.0627. The second-order valence-electron chi connectivity index (χ2n) is 6.41. The third-order valence-electron chi connectivity index (χ3n) is 4.55. The van der Waals surface area contributed by atoms with E-state index in [1.807, 2.05) is 24.6 Å². The van der Waals surface area contributed by atoms with Gasteiger partial charge in [-0.1, -0.05) is 0 Å². The minimum atomic E-state index is -0.808. The standard InChI is InChI=1S/C18H22F2N4O/c1-13-11-14(2)24(21-13)10-7-22-5-8-23(9-6-22)18(25)16-4-3-15(19)12-17(16)20/h3-4,11-12H,5-10H2,1-2H3. The van der Waals surface area contributed by atoms with E-state index in [-0.39, 0.29) is 11.5 Å². The molecule has 1 aromatic heterocycles. The van der Waals surface area contributed by atoms with Crippen LogP contribution in [0.25, 0.3) is 0 Å². The van der Waals surface area contributed by atoms with Crippen LogP contribution in [0, 0.1) is 25.5 Å². The average molecular weight is 348 g/mol. The number of aromatic nitrogens is 2. The maximum atomic E-state index is 13.8. The summed E-state index contributed by atoms with van der Waals surface area (Å²) in [5.41, 5.74) is 2.07. The Morgan fingerprint density at radius 2 is 1.80 bits per heavy atom. The van der Waals surface area contributed by atoms with Gasteiger partial charge in [0.1, 0.15) is 11.6 Å². The predicted octanol–water partition coefficient (Wildman–Crippen LogP) is 2.24. The zero-order chi connectivity index (χ0) is 18.0. The van der Waals surface area contributed by atoms with Crippen LogP contribution in [0.15, 0.2) is 24.3 Å². The van der Waals surface area contributed by atoms with Crippen molar-refractivity contribution in [3.05, 3.63) is 52.9 Å². The summed E-state index contributed by atoms with van der Waals surface area (Å²) >= 11 is 0. The molecule has 0 atom stereocenters. The minimum absolute atomic E-state index is 0.0718. The van der Waals surface area contributed by atoms with Crippen molar-refractivity contribution in [3.8, 4) is 0 Å². The SMILES string of the molecule is Cc1cc(C)n(CCN2CCN(C(=O)c3ccc(F)cc3F)CC2)n1. The van der Waals surface area contributed by atoms with Crippen LogP contribution in [0.4, 0.5) is 8.78 Å². The van der Waals surface area contributed by atoms with Gasteiger partial charge in [0.05, 0.1) is 17.8 Å². The number of carbonyl (C=O) groups is 1. The van der Waals surface area contributed by atoms with E-state index >= 15 is 0 Å². The topological polar surface area (TPSA) is 41.4 Å². The van der Waals surface area contributed by atoms with E-state index in [1.54, 1.807) is 4.90 Å². The molecule has 1 fully saturated rings. The summed E-state index contributed by atoms with van der Waals surface area (Å²) in [7, 11) is 0. The Labute approximate surface area is 145 Å². The van der Waals surface area contributed by atoms with Crippen LogP contribution in [0.1, 0.15) is 21.7 Å². The summed E-state index contributed by atoms with van der Waals surface area (Å²) < 4.78 is 28.7. The molecule has 1 saturated heterocycles. The number of piperazine rings is 1. The molecule has 5 nitrogen and oxygen atoms in total. The van der Waals surface area contributed by atoms with E-state index < -0.39 is 11.6 Å². The van der Waals surface area contributed by atoms with Gasteiger partial charge in [0.15, 0.2) is 0 Å². The highest BCUT2D eigenvalue weighted by Gasteiger charge is 2.24. The van der Waals surface area contributed by atoms with Crippen molar-refractivity contribution < 1.29 is 13.6 Å². The van der Waals surface area contributed by atoms with Crippen molar-refractivity contribution in [2.75, 3.05) is 32.7 Å². The van der Waals surface area contributed by atoms with Crippen molar-refractivity contribution in [2.45, 2.75) is 20.4 Å². The predicted molar refractivity (Wildman–Crippen MR) is 90.4 cm³/mol. The number of aryl methyl sites for hydroxylation is 2. The van der Waals surface area contributed by atoms with E-state index in [0.29, 0.717) is 13.1 Å². The fraction of sp³-hybridized carbons (Fsp3) is 0.444. The van der Waals surface area contributed by atoms with Crippen molar-refractivity contribution in [2.24, 2.45) is 0 Å². The van der Waals surface area contributed by atoms with Gasteiger partial charge in [0, 0.05) is 44.5 Å². The third-order valence-corrected chi connectivity index (χ3v) is 4.55. The number of amides is 1. The smallest absolute Gasteiger partial charge is 0.256 e. The molecule has 0 unspecified atom stereocenters. The van der Waals surface area contributed by atoms with Gasteiger partial charge in [0.25, 0.3) is 5.91 Å². The van der Waals surface area contributed by atoms with Crippen LogP contribution in [0.3, 0.4) is 0 Å². The van der Waals surface area contributed by atoms with Gasteiger partial charge in [-0.2, -0.15) is 5.10 Å². The first-order valence-electron chi connectivity index (χ1n) is 8.42. The quantitative estimate of drug-likeness (QED) is 0.851. The summed E-state index contributed by atoms with van der Waals surface area (Å²) in [6.45, 7) is 8.20. The Balaban J connectivity index is 1.53. The van der Waals surface area contributed by atoms with Gasteiger partial charge < -0.3 is 4.90 Å². The minimum Gasteiger partial charge on any atom is -0.336 e. The molecule has 1 aromatic carbocycles. The molecule has 2 heterocycles. The summed E-state index contributed by atoms with van der Waals surface area (Å²) in [6, 6.07) is 5.12. The molecule has 0 N–H and O–H groups in total. The largest absolute Gasteiger partial charge is 0.336 e. The zero-order valence-electron chi connectivity index (χ0n) is 14.5. The van der Waals surface area contributed by atoms with Crippen molar-refractivity contribution in [1.29, 1.82) is 0 Å². The molecule has 0 spiro atoms. The number of nitrogens with zero attached hydrogens (tertiary/aromatic N) is 4. The number of benzene rings is 1. The maximum absolute atomic E-state index is 13.8. The zero-order valence-corrected chi connectivity index (χ0v) is 14.5. The normalized spacial score (nSPS) is 15.6. The number of carbonyl (C=O) groups excluding carboxylic acids is 1.